The first kappa shape index (κ1) is 12.9. The number of carbonyl (C=O) groups excluding carboxylic acids is 2. The molecule has 0 amide bonds. The highest BCUT2D eigenvalue weighted by molar-refractivity contribution is 5.75. The van der Waals surface area contributed by atoms with Crippen LogP contribution >= 0.6 is 0 Å². The van der Waals surface area contributed by atoms with Gasteiger partial charge in [-0.15, -0.1) is 0 Å². The van der Waals surface area contributed by atoms with E-state index in [2.05, 4.69) is 11.3 Å². The average molecular weight is 198 g/mol. The maximum Gasteiger partial charge on any atom is 0.306 e. The van der Waals surface area contributed by atoms with Crippen LogP contribution in [-0.4, -0.2) is 18.9 Å². The van der Waals surface area contributed by atoms with E-state index in [1.165, 1.54) is 7.11 Å². The zero-order valence-electron chi connectivity index (χ0n) is 9.13. The molecule has 0 rings (SSSR count). The Bertz CT molecular complexity index is 231. The molecule has 1 atom stereocenters. The summed E-state index contributed by atoms with van der Waals surface area (Å²) in [6.07, 6.45) is 1.49. The van der Waals surface area contributed by atoms with E-state index in [0.717, 1.165) is 5.57 Å². The minimum absolute atomic E-state index is 0.0614. The van der Waals surface area contributed by atoms with Gasteiger partial charge in [-0.2, -0.15) is 0 Å². The summed E-state index contributed by atoms with van der Waals surface area (Å²) < 4.78 is 4.57. The Morgan fingerprint density at radius 3 is 2.29 bits per heavy atom. The molecule has 80 valence electrons. The lowest BCUT2D eigenvalue weighted by atomic mass is 9.92. The first-order valence-corrected chi connectivity index (χ1v) is 4.69. The number of allylic oxidation sites excluding steroid dienone is 1. The number of carbonyl (C=O) groups is 2. The average Bonchev–Trinajstić information content (AvgIpc) is 2.10. The summed E-state index contributed by atoms with van der Waals surface area (Å²) in [4.78, 5) is 21.8. The largest absolute Gasteiger partial charge is 0.469 e. The Kier molecular flexibility index (Phi) is 5.84. The van der Waals surface area contributed by atoms with Crippen LogP contribution in [0.1, 0.15) is 33.1 Å². The van der Waals surface area contributed by atoms with Crippen molar-refractivity contribution < 1.29 is 14.3 Å². The second kappa shape index (κ2) is 6.35. The third-order valence-corrected chi connectivity index (χ3v) is 2.18. The van der Waals surface area contributed by atoms with Gasteiger partial charge in [-0.1, -0.05) is 12.2 Å². The summed E-state index contributed by atoms with van der Waals surface area (Å²) in [5, 5.41) is 0. The summed E-state index contributed by atoms with van der Waals surface area (Å²) in [7, 11) is 1.36. The van der Waals surface area contributed by atoms with E-state index in [-0.39, 0.29) is 17.7 Å². The number of methoxy groups -OCH3 is 1. The lowest BCUT2D eigenvalue weighted by Crippen LogP contribution is -2.12. The number of hydrogen-bond donors (Lipinski definition) is 0. The quantitative estimate of drug-likeness (QED) is 0.485. The Labute approximate surface area is 85.1 Å². The molecule has 3 heteroatoms. The minimum Gasteiger partial charge on any atom is -0.469 e. The lowest BCUT2D eigenvalue weighted by Gasteiger charge is -2.14. The van der Waals surface area contributed by atoms with Gasteiger partial charge in [0.05, 0.1) is 13.5 Å². The van der Waals surface area contributed by atoms with E-state index in [0.29, 0.717) is 19.3 Å². The summed E-state index contributed by atoms with van der Waals surface area (Å²) >= 11 is 0. The molecule has 0 radical (unpaired) electrons. The highest BCUT2D eigenvalue weighted by Gasteiger charge is 2.15. The maximum absolute atomic E-state index is 11.0. The van der Waals surface area contributed by atoms with Gasteiger partial charge in [0.15, 0.2) is 0 Å². The van der Waals surface area contributed by atoms with Crippen LogP contribution in [0.3, 0.4) is 0 Å². The van der Waals surface area contributed by atoms with Crippen molar-refractivity contribution in [1.82, 2.24) is 0 Å². The fourth-order valence-electron chi connectivity index (χ4n) is 1.18. The van der Waals surface area contributed by atoms with Crippen molar-refractivity contribution in [3.05, 3.63) is 12.2 Å². The summed E-state index contributed by atoms with van der Waals surface area (Å²) in [5.41, 5.74) is 0.927. The molecule has 0 aliphatic heterocycles. The predicted octanol–water partition coefficient (Wildman–Crippen LogP) is 2.11. The van der Waals surface area contributed by atoms with Gasteiger partial charge in [-0.05, 0) is 26.2 Å². The monoisotopic (exact) mass is 198 g/mol. The lowest BCUT2D eigenvalue weighted by molar-refractivity contribution is -0.141. The molecule has 0 aliphatic carbocycles. The van der Waals surface area contributed by atoms with Crippen molar-refractivity contribution in [2.45, 2.75) is 33.1 Å². The first-order valence-electron chi connectivity index (χ1n) is 4.69. The number of ether oxygens (including phenoxy) is 1. The van der Waals surface area contributed by atoms with Crippen LogP contribution in [0.25, 0.3) is 0 Å². The number of rotatable bonds is 6. The van der Waals surface area contributed by atoms with E-state index in [9.17, 15) is 9.59 Å². The van der Waals surface area contributed by atoms with Crippen LogP contribution in [0.4, 0.5) is 0 Å². The van der Waals surface area contributed by atoms with Gasteiger partial charge in [0, 0.05) is 6.42 Å². The molecule has 0 saturated heterocycles. The van der Waals surface area contributed by atoms with Crippen molar-refractivity contribution in [1.29, 1.82) is 0 Å². The van der Waals surface area contributed by atoms with Gasteiger partial charge in [-0.3, -0.25) is 4.79 Å². The summed E-state index contributed by atoms with van der Waals surface area (Å²) in [6.45, 7) is 7.22. The Morgan fingerprint density at radius 2 is 1.93 bits per heavy atom. The topological polar surface area (TPSA) is 43.4 Å². The molecule has 0 bridgehead atoms. The van der Waals surface area contributed by atoms with Gasteiger partial charge in [-0.25, -0.2) is 0 Å². The number of Topliss-reactive ketones (excluding diaryl/α,β-unsaturated/α-hetero) is 1. The molecule has 0 saturated carbocycles. The predicted molar refractivity (Wildman–Crippen MR) is 54.9 cm³/mol. The molecular formula is C11H18O3. The first-order chi connectivity index (χ1) is 6.47. The van der Waals surface area contributed by atoms with E-state index in [4.69, 9.17) is 0 Å². The van der Waals surface area contributed by atoms with Crippen molar-refractivity contribution >= 4 is 11.8 Å². The molecule has 0 fully saturated rings. The molecule has 0 aromatic heterocycles. The molecular weight excluding hydrogens is 180 g/mol. The van der Waals surface area contributed by atoms with E-state index < -0.39 is 0 Å². The molecule has 0 aromatic rings. The number of hydrogen-bond acceptors (Lipinski definition) is 3. The number of esters is 1. The second-order valence-electron chi connectivity index (χ2n) is 3.56. The zero-order valence-corrected chi connectivity index (χ0v) is 9.13. The van der Waals surface area contributed by atoms with Gasteiger partial charge in [0.2, 0.25) is 0 Å². The molecule has 0 spiro atoms. The van der Waals surface area contributed by atoms with Crippen molar-refractivity contribution in [3.8, 4) is 0 Å². The van der Waals surface area contributed by atoms with E-state index in [1.807, 2.05) is 6.92 Å². The van der Waals surface area contributed by atoms with Crippen LogP contribution in [-0.2, 0) is 14.3 Å². The molecule has 0 aliphatic rings. The molecule has 0 aromatic carbocycles. The van der Waals surface area contributed by atoms with E-state index in [1.54, 1.807) is 6.92 Å². The third-order valence-electron chi connectivity index (χ3n) is 2.18. The Balaban J connectivity index is 4.09. The van der Waals surface area contributed by atoms with E-state index >= 15 is 0 Å². The molecule has 14 heavy (non-hydrogen) atoms. The smallest absolute Gasteiger partial charge is 0.306 e. The fourth-order valence-corrected chi connectivity index (χ4v) is 1.18. The normalized spacial score (nSPS) is 11.9. The van der Waals surface area contributed by atoms with Crippen LogP contribution < -0.4 is 0 Å². The molecule has 0 heterocycles. The fraction of sp³-hybridized carbons (Fsp3) is 0.636. The molecule has 3 nitrogen and oxygen atoms in total. The Morgan fingerprint density at radius 1 is 1.36 bits per heavy atom. The second-order valence-corrected chi connectivity index (χ2v) is 3.56. The van der Waals surface area contributed by atoms with Crippen molar-refractivity contribution in [3.63, 3.8) is 0 Å². The van der Waals surface area contributed by atoms with Gasteiger partial charge >= 0.3 is 5.97 Å². The van der Waals surface area contributed by atoms with Crippen molar-refractivity contribution in [2.75, 3.05) is 7.11 Å². The van der Waals surface area contributed by atoms with Crippen LogP contribution in [0.2, 0.25) is 0 Å². The number of ketones is 1. The summed E-state index contributed by atoms with van der Waals surface area (Å²) in [5.74, 6) is -0.0472. The molecule has 0 unspecified atom stereocenters. The van der Waals surface area contributed by atoms with Gasteiger partial charge < -0.3 is 9.53 Å². The maximum atomic E-state index is 11.0. The minimum atomic E-state index is -0.249. The third kappa shape index (κ3) is 5.51. The van der Waals surface area contributed by atoms with Gasteiger partial charge in [0.25, 0.3) is 0 Å². The summed E-state index contributed by atoms with van der Waals surface area (Å²) in [6, 6.07) is 0. The standard InChI is InChI=1S/C11H18O3/c1-8(2)10(6-5-9(3)12)7-11(13)14-4/h10H,1,5-7H2,2-4H3/t10-/m1/s1. The van der Waals surface area contributed by atoms with Crippen LogP contribution in [0, 0.1) is 5.92 Å². The highest BCUT2D eigenvalue weighted by Crippen LogP contribution is 2.19. The SMILES string of the molecule is C=C(C)[C@H](CCC(C)=O)CC(=O)OC. The highest BCUT2D eigenvalue weighted by atomic mass is 16.5. The molecule has 0 N–H and O–H groups in total. The zero-order chi connectivity index (χ0) is 11.1. The van der Waals surface area contributed by atoms with Gasteiger partial charge in [0.1, 0.15) is 5.78 Å². The van der Waals surface area contributed by atoms with Crippen LogP contribution in [0.15, 0.2) is 12.2 Å². The van der Waals surface area contributed by atoms with Crippen molar-refractivity contribution in [2.24, 2.45) is 5.92 Å². The van der Waals surface area contributed by atoms with Crippen LogP contribution in [0.5, 0.6) is 0 Å². The Hall–Kier alpha value is -1.12.